The predicted molar refractivity (Wildman–Crippen MR) is 89.7 cm³/mol. The molecular weight excluding hydrogens is 318 g/mol. The molecule has 3 aromatic rings. The van der Waals surface area contributed by atoms with Crippen LogP contribution in [0.5, 0.6) is 0 Å². The van der Waals surface area contributed by atoms with Gasteiger partial charge in [0.15, 0.2) is 11.5 Å². The van der Waals surface area contributed by atoms with E-state index in [1.165, 1.54) is 0 Å². The maximum atomic E-state index is 12.6. The minimum atomic E-state index is -0.203. The molecule has 0 aliphatic heterocycles. The molecule has 3 rings (SSSR count). The Kier molecular flexibility index (Phi) is 5.12. The van der Waals surface area contributed by atoms with Crippen LogP contribution < -0.4 is 10.7 Å². The third-order valence-electron chi connectivity index (χ3n) is 3.61. The summed E-state index contributed by atoms with van der Waals surface area (Å²) in [5.41, 5.74) is 0.738. The van der Waals surface area contributed by atoms with E-state index in [-0.39, 0.29) is 35.5 Å². The molecule has 2 heterocycles. The molecule has 0 spiro atoms. The topological polar surface area (TPSA) is 85.8 Å². The van der Waals surface area contributed by atoms with E-state index in [0.717, 1.165) is 5.52 Å². The minimum absolute atomic E-state index is 0. The molecule has 0 saturated heterocycles. The van der Waals surface area contributed by atoms with E-state index in [2.05, 4.69) is 20.6 Å². The summed E-state index contributed by atoms with van der Waals surface area (Å²) in [4.78, 5) is 16.8. The molecule has 1 atom stereocenters. The lowest BCUT2D eigenvalue weighted by atomic mass is 10.2. The highest BCUT2D eigenvalue weighted by Crippen LogP contribution is 2.15. The number of rotatable bonds is 4. The average Bonchev–Trinajstić information content (AvgIpc) is 2.99. The summed E-state index contributed by atoms with van der Waals surface area (Å²) in [7, 11) is 3.65. The summed E-state index contributed by atoms with van der Waals surface area (Å²) in [6.45, 7) is 2.02. The third-order valence-corrected chi connectivity index (χ3v) is 3.61. The molecule has 2 aromatic heterocycles. The quantitative estimate of drug-likeness (QED) is 0.778. The van der Waals surface area contributed by atoms with Gasteiger partial charge in [-0.25, -0.2) is 0 Å². The normalized spacial score (nSPS) is 12.1. The Bertz CT molecular complexity index is 874. The minimum Gasteiger partial charge on any atom is -0.332 e. The average molecular weight is 336 g/mol. The lowest BCUT2D eigenvalue weighted by Gasteiger charge is -2.05. The van der Waals surface area contributed by atoms with Gasteiger partial charge in [-0.2, -0.15) is 10.1 Å². The van der Waals surface area contributed by atoms with Crippen LogP contribution in [0.15, 0.2) is 33.6 Å². The first-order valence-electron chi connectivity index (χ1n) is 7.06. The summed E-state index contributed by atoms with van der Waals surface area (Å²) < 4.78 is 6.86. The number of hydrogen-bond acceptors (Lipinski definition) is 6. The smallest absolute Gasteiger partial charge is 0.282 e. The van der Waals surface area contributed by atoms with Gasteiger partial charge in [0.2, 0.25) is 5.43 Å². The zero-order valence-corrected chi connectivity index (χ0v) is 13.9. The van der Waals surface area contributed by atoms with Crippen molar-refractivity contribution < 1.29 is 4.52 Å². The predicted octanol–water partition coefficient (Wildman–Crippen LogP) is 1.56. The summed E-state index contributed by atoms with van der Waals surface area (Å²) in [6, 6.07) is 7.52. The van der Waals surface area contributed by atoms with Crippen LogP contribution in [-0.2, 0) is 13.5 Å². The zero-order chi connectivity index (χ0) is 15.7. The maximum absolute atomic E-state index is 12.6. The van der Waals surface area contributed by atoms with E-state index in [0.29, 0.717) is 17.6 Å². The van der Waals surface area contributed by atoms with Crippen LogP contribution in [-0.4, -0.2) is 33.0 Å². The molecule has 122 valence electrons. The van der Waals surface area contributed by atoms with Crippen molar-refractivity contribution >= 4 is 23.3 Å². The number of fused-ring (bicyclic) bond motifs is 1. The van der Waals surface area contributed by atoms with Gasteiger partial charge in [0.05, 0.1) is 5.52 Å². The number of nitrogens with zero attached hydrogens (tertiary/aromatic N) is 4. The molecule has 7 nitrogen and oxygen atoms in total. The van der Waals surface area contributed by atoms with Gasteiger partial charge in [0.25, 0.3) is 5.89 Å². The summed E-state index contributed by atoms with van der Waals surface area (Å²) >= 11 is 0. The number of hydrogen-bond donors (Lipinski definition) is 1. The number of benzene rings is 1. The molecule has 1 aromatic carbocycles. The number of para-hydroxylation sites is 1. The van der Waals surface area contributed by atoms with Gasteiger partial charge < -0.3 is 9.84 Å². The molecule has 0 bridgehead atoms. The van der Waals surface area contributed by atoms with Gasteiger partial charge in [0, 0.05) is 24.9 Å². The largest absolute Gasteiger partial charge is 0.332 e. The fourth-order valence-electron chi connectivity index (χ4n) is 2.27. The van der Waals surface area contributed by atoms with Crippen LogP contribution >= 0.6 is 12.4 Å². The molecule has 0 amide bonds. The van der Waals surface area contributed by atoms with Gasteiger partial charge in [-0.3, -0.25) is 9.48 Å². The van der Waals surface area contributed by atoms with E-state index in [4.69, 9.17) is 4.52 Å². The van der Waals surface area contributed by atoms with Gasteiger partial charge in [-0.05, 0) is 26.1 Å². The van der Waals surface area contributed by atoms with Gasteiger partial charge in [0.1, 0.15) is 0 Å². The molecule has 0 aliphatic rings. The van der Waals surface area contributed by atoms with Crippen molar-refractivity contribution in [2.45, 2.75) is 19.4 Å². The molecule has 0 radical (unpaired) electrons. The SMILES string of the molecule is CNC(C)Cc1noc(-c2nn(C)c3ccccc3c2=O)n1.Cl. The Labute approximate surface area is 139 Å². The zero-order valence-electron chi connectivity index (χ0n) is 13.1. The van der Waals surface area contributed by atoms with E-state index in [9.17, 15) is 4.79 Å². The van der Waals surface area contributed by atoms with Gasteiger partial charge in [-0.1, -0.05) is 17.3 Å². The first-order valence-corrected chi connectivity index (χ1v) is 7.06. The number of likely N-dealkylation sites (N-methyl/N-ethyl adjacent to an activating group) is 1. The van der Waals surface area contributed by atoms with Crippen molar-refractivity contribution in [3.63, 3.8) is 0 Å². The number of aryl methyl sites for hydroxylation is 1. The molecule has 0 saturated carbocycles. The van der Waals surface area contributed by atoms with Gasteiger partial charge >= 0.3 is 0 Å². The highest BCUT2D eigenvalue weighted by atomic mass is 35.5. The molecule has 1 unspecified atom stereocenters. The molecule has 0 aliphatic carbocycles. The van der Waals surface area contributed by atoms with Crippen LogP contribution in [0.25, 0.3) is 22.5 Å². The first-order chi connectivity index (χ1) is 10.6. The maximum Gasteiger partial charge on any atom is 0.282 e. The van der Waals surface area contributed by atoms with Crippen LogP contribution in [0.2, 0.25) is 0 Å². The summed E-state index contributed by atoms with van der Waals surface area (Å²) in [6.07, 6.45) is 0.619. The van der Waals surface area contributed by atoms with E-state index < -0.39 is 0 Å². The van der Waals surface area contributed by atoms with Crippen molar-refractivity contribution in [3.05, 3.63) is 40.3 Å². The van der Waals surface area contributed by atoms with Crippen LogP contribution in [0.4, 0.5) is 0 Å². The second kappa shape index (κ2) is 6.89. The van der Waals surface area contributed by atoms with Crippen molar-refractivity contribution in [2.75, 3.05) is 7.05 Å². The standard InChI is InChI=1S/C15H17N5O2.ClH/c1-9(16-2)8-12-17-15(22-19-12)13-14(21)10-6-4-5-7-11(10)20(3)18-13;/h4-7,9,16H,8H2,1-3H3;1H. The highest BCUT2D eigenvalue weighted by Gasteiger charge is 2.18. The van der Waals surface area contributed by atoms with Crippen molar-refractivity contribution in [1.82, 2.24) is 25.2 Å². The highest BCUT2D eigenvalue weighted by molar-refractivity contribution is 5.85. The van der Waals surface area contributed by atoms with E-state index in [1.807, 2.05) is 32.2 Å². The number of halogens is 1. The lowest BCUT2D eigenvalue weighted by molar-refractivity contribution is 0.416. The Morgan fingerprint density at radius 1 is 1.35 bits per heavy atom. The number of nitrogens with one attached hydrogen (secondary N) is 1. The first kappa shape index (κ1) is 17.1. The molecule has 1 N–H and O–H groups in total. The second-order valence-electron chi connectivity index (χ2n) is 5.23. The summed E-state index contributed by atoms with van der Waals surface area (Å²) in [5.74, 6) is 0.707. The van der Waals surface area contributed by atoms with Crippen molar-refractivity contribution in [2.24, 2.45) is 7.05 Å². The summed E-state index contributed by atoms with van der Waals surface area (Å²) in [5, 5.41) is 11.9. The van der Waals surface area contributed by atoms with Gasteiger partial charge in [-0.15, -0.1) is 12.4 Å². The Balaban J connectivity index is 0.00000192. The molecule has 8 heteroatoms. The Hall–Kier alpha value is -2.25. The fourth-order valence-corrected chi connectivity index (χ4v) is 2.27. The molecular formula is C15H18ClN5O2. The van der Waals surface area contributed by atoms with E-state index in [1.54, 1.807) is 17.8 Å². The van der Waals surface area contributed by atoms with Crippen LogP contribution in [0.1, 0.15) is 12.7 Å². The number of aromatic nitrogens is 4. The van der Waals surface area contributed by atoms with Crippen LogP contribution in [0, 0.1) is 0 Å². The molecule has 23 heavy (non-hydrogen) atoms. The van der Waals surface area contributed by atoms with E-state index >= 15 is 0 Å². The lowest BCUT2D eigenvalue weighted by Crippen LogP contribution is -2.24. The third kappa shape index (κ3) is 3.25. The Morgan fingerprint density at radius 3 is 2.83 bits per heavy atom. The second-order valence-corrected chi connectivity index (χ2v) is 5.23. The monoisotopic (exact) mass is 335 g/mol. The fraction of sp³-hybridized carbons (Fsp3) is 0.333. The van der Waals surface area contributed by atoms with Crippen LogP contribution in [0.3, 0.4) is 0 Å². The van der Waals surface area contributed by atoms with Crippen molar-refractivity contribution in [3.8, 4) is 11.6 Å². The Morgan fingerprint density at radius 2 is 2.09 bits per heavy atom. The van der Waals surface area contributed by atoms with Crippen molar-refractivity contribution in [1.29, 1.82) is 0 Å². The molecule has 0 fully saturated rings.